The lowest BCUT2D eigenvalue weighted by molar-refractivity contribution is -0.211. The van der Waals surface area contributed by atoms with Crippen LogP contribution < -0.4 is 0 Å². The smallest absolute Gasteiger partial charge is 0.331 e. The second-order valence-electron chi connectivity index (χ2n) is 3.99. The number of hydrogen-bond acceptors (Lipinski definition) is 6. The summed E-state index contributed by atoms with van der Waals surface area (Å²) in [4.78, 5) is 17.7. The van der Waals surface area contributed by atoms with E-state index < -0.39 is 50.6 Å². The Bertz CT molecular complexity index is 322. The molecule has 2 bridgehead atoms. The zero-order valence-electron chi connectivity index (χ0n) is 8.13. The van der Waals surface area contributed by atoms with Crippen molar-refractivity contribution >= 4 is 7.60 Å². The van der Waals surface area contributed by atoms with Crippen LogP contribution in [-0.4, -0.2) is 68.1 Å². The SMILES string of the molecule is O=P(O)(O)C[C@]12O[C@H]([C@H](O)[C@H]1O)[C@@H](CO)O2. The van der Waals surface area contributed by atoms with Gasteiger partial charge in [-0.1, -0.05) is 0 Å². The average Bonchev–Trinajstić information content (AvgIpc) is 2.61. The highest BCUT2D eigenvalue weighted by Gasteiger charge is 2.66. The van der Waals surface area contributed by atoms with Crippen LogP contribution >= 0.6 is 7.60 Å². The zero-order valence-corrected chi connectivity index (χ0v) is 9.03. The van der Waals surface area contributed by atoms with Gasteiger partial charge in [-0.3, -0.25) is 4.57 Å². The Kier molecular flexibility index (Phi) is 2.89. The van der Waals surface area contributed by atoms with E-state index in [2.05, 4.69) is 0 Å². The minimum Gasteiger partial charge on any atom is -0.394 e. The summed E-state index contributed by atoms with van der Waals surface area (Å²) in [7, 11) is -4.47. The summed E-state index contributed by atoms with van der Waals surface area (Å²) in [6.45, 7) is -0.461. The number of rotatable bonds is 3. The average molecular weight is 256 g/mol. The predicted molar refractivity (Wildman–Crippen MR) is 48.5 cm³/mol. The molecule has 94 valence electrons. The van der Waals surface area contributed by atoms with Gasteiger partial charge in [-0.2, -0.15) is 0 Å². The molecule has 0 unspecified atom stereocenters. The van der Waals surface area contributed by atoms with Crippen molar-refractivity contribution in [1.82, 2.24) is 0 Å². The van der Waals surface area contributed by atoms with Crippen molar-refractivity contribution in [3.8, 4) is 0 Å². The van der Waals surface area contributed by atoms with Gasteiger partial charge < -0.3 is 34.6 Å². The van der Waals surface area contributed by atoms with Crippen molar-refractivity contribution in [2.45, 2.75) is 30.2 Å². The van der Waals surface area contributed by atoms with E-state index >= 15 is 0 Å². The molecule has 9 heteroatoms. The number of fused-ring (bicyclic) bond motifs is 2. The van der Waals surface area contributed by atoms with Crippen LogP contribution in [0.1, 0.15) is 0 Å². The molecule has 0 spiro atoms. The van der Waals surface area contributed by atoms with E-state index in [0.717, 1.165) is 0 Å². The van der Waals surface area contributed by atoms with Gasteiger partial charge in [0.15, 0.2) is 0 Å². The van der Waals surface area contributed by atoms with Crippen molar-refractivity contribution in [3.05, 3.63) is 0 Å². The van der Waals surface area contributed by atoms with Crippen molar-refractivity contribution in [1.29, 1.82) is 0 Å². The molecular formula is C7H13O8P. The first-order valence-electron chi connectivity index (χ1n) is 4.66. The maximum absolute atomic E-state index is 10.9. The fraction of sp³-hybridized carbons (Fsp3) is 1.00. The standard InChI is InChI=1S/C7H13O8P/c8-1-3-5-4(9)6(10)7(14-3,15-5)2-16(11,12)13/h3-6,8-10H,1-2H2,(H2,11,12,13)/t3-,4+,5+,6-,7+/m1/s1. The summed E-state index contributed by atoms with van der Waals surface area (Å²) in [5.41, 5.74) is 0. The van der Waals surface area contributed by atoms with Crippen LogP contribution in [0.2, 0.25) is 0 Å². The third-order valence-corrected chi connectivity index (χ3v) is 3.62. The molecule has 2 aliphatic heterocycles. The maximum atomic E-state index is 10.9. The van der Waals surface area contributed by atoms with Crippen LogP contribution in [0.25, 0.3) is 0 Å². The van der Waals surface area contributed by atoms with Gasteiger partial charge in [0.25, 0.3) is 0 Å². The Hall–Kier alpha value is -0.0500. The van der Waals surface area contributed by atoms with Crippen LogP contribution in [0, 0.1) is 0 Å². The maximum Gasteiger partial charge on any atom is 0.331 e. The molecular weight excluding hydrogens is 243 g/mol. The van der Waals surface area contributed by atoms with Gasteiger partial charge in [0.05, 0.1) is 6.61 Å². The van der Waals surface area contributed by atoms with Gasteiger partial charge in [0.1, 0.15) is 30.6 Å². The highest BCUT2D eigenvalue weighted by atomic mass is 31.2. The van der Waals surface area contributed by atoms with Gasteiger partial charge in [0.2, 0.25) is 5.79 Å². The monoisotopic (exact) mass is 256 g/mol. The molecule has 2 saturated heterocycles. The third-order valence-electron chi connectivity index (χ3n) is 2.77. The van der Waals surface area contributed by atoms with E-state index in [0.29, 0.717) is 0 Å². The molecule has 2 rings (SSSR count). The highest BCUT2D eigenvalue weighted by Crippen LogP contribution is 2.50. The summed E-state index contributed by atoms with van der Waals surface area (Å²) < 4.78 is 21.1. The van der Waals surface area contributed by atoms with E-state index in [1.807, 2.05) is 0 Å². The molecule has 8 nitrogen and oxygen atoms in total. The van der Waals surface area contributed by atoms with Gasteiger partial charge in [-0.15, -0.1) is 0 Å². The lowest BCUT2D eigenvalue weighted by Gasteiger charge is -2.33. The van der Waals surface area contributed by atoms with Crippen LogP contribution in [0.4, 0.5) is 0 Å². The molecule has 0 aromatic rings. The molecule has 0 aromatic heterocycles. The second-order valence-corrected chi connectivity index (χ2v) is 5.64. The van der Waals surface area contributed by atoms with Gasteiger partial charge in [-0.05, 0) is 0 Å². The second kappa shape index (κ2) is 3.72. The summed E-state index contributed by atoms with van der Waals surface area (Å²) in [5, 5.41) is 28.0. The first-order valence-corrected chi connectivity index (χ1v) is 6.46. The fourth-order valence-electron chi connectivity index (χ4n) is 2.12. The summed E-state index contributed by atoms with van der Waals surface area (Å²) >= 11 is 0. The number of aliphatic hydroxyl groups excluding tert-OH is 3. The fourth-order valence-corrected chi connectivity index (χ4v) is 3.03. The van der Waals surface area contributed by atoms with E-state index in [1.54, 1.807) is 0 Å². The minimum absolute atomic E-state index is 0.461. The minimum atomic E-state index is -4.47. The molecule has 5 atom stereocenters. The van der Waals surface area contributed by atoms with E-state index in [1.165, 1.54) is 0 Å². The Balaban J connectivity index is 2.24. The molecule has 0 saturated carbocycles. The lowest BCUT2D eigenvalue weighted by atomic mass is 9.99. The number of hydrogen-bond donors (Lipinski definition) is 5. The quantitative estimate of drug-likeness (QED) is 0.346. The van der Waals surface area contributed by atoms with E-state index in [4.69, 9.17) is 24.4 Å². The van der Waals surface area contributed by atoms with Gasteiger partial charge in [-0.25, -0.2) is 0 Å². The third kappa shape index (κ3) is 1.81. The molecule has 2 fully saturated rings. The summed E-state index contributed by atoms with van der Waals surface area (Å²) in [5.74, 6) is -1.92. The van der Waals surface area contributed by atoms with Crippen LogP contribution in [0.15, 0.2) is 0 Å². The Labute approximate surface area is 90.6 Å². The first kappa shape index (κ1) is 12.4. The Morgan fingerprint density at radius 2 is 1.88 bits per heavy atom. The van der Waals surface area contributed by atoms with Crippen molar-refractivity contribution in [3.63, 3.8) is 0 Å². The van der Waals surface area contributed by atoms with Gasteiger partial charge >= 0.3 is 7.60 Å². The van der Waals surface area contributed by atoms with Crippen LogP contribution in [0.5, 0.6) is 0 Å². The topological polar surface area (TPSA) is 137 Å². The van der Waals surface area contributed by atoms with Crippen LogP contribution in [0.3, 0.4) is 0 Å². The normalized spacial score (nSPS) is 47.6. The van der Waals surface area contributed by atoms with Crippen molar-refractivity contribution < 1.29 is 39.1 Å². The summed E-state index contributed by atoms with van der Waals surface area (Å²) in [6.07, 6.45) is -5.56. The zero-order chi connectivity index (χ0) is 12.1. The Morgan fingerprint density at radius 3 is 2.38 bits per heavy atom. The first-order chi connectivity index (χ1) is 7.29. The lowest BCUT2D eigenvalue weighted by Crippen LogP contribution is -2.54. The molecule has 0 aliphatic carbocycles. The highest BCUT2D eigenvalue weighted by molar-refractivity contribution is 7.51. The van der Waals surface area contributed by atoms with Crippen molar-refractivity contribution in [2.24, 2.45) is 0 Å². The molecule has 0 aromatic carbocycles. The van der Waals surface area contributed by atoms with Crippen molar-refractivity contribution in [2.75, 3.05) is 12.8 Å². The summed E-state index contributed by atoms with van der Waals surface area (Å²) in [6, 6.07) is 0. The molecule has 0 amide bonds. The predicted octanol–water partition coefficient (Wildman–Crippen LogP) is -2.63. The van der Waals surface area contributed by atoms with E-state index in [-0.39, 0.29) is 0 Å². The van der Waals surface area contributed by atoms with Gasteiger partial charge in [0, 0.05) is 0 Å². The molecule has 5 N–H and O–H groups in total. The number of ether oxygens (including phenoxy) is 2. The molecule has 2 heterocycles. The van der Waals surface area contributed by atoms with Crippen LogP contribution in [-0.2, 0) is 14.0 Å². The number of aliphatic hydroxyl groups is 3. The Morgan fingerprint density at radius 1 is 1.25 bits per heavy atom. The molecule has 0 radical (unpaired) electrons. The largest absolute Gasteiger partial charge is 0.394 e. The van der Waals surface area contributed by atoms with E-state index in [9.17, 15) is 14.8 Å². The molecule has 16 heavy (non-hydrogen) atoms. The molecule has 2 aliphatic rings.